The van der Waals surface area contributed by atoms with Gasteiger partial charge in [0, 0.05) is 5.38 Å². The second-order valence-electron chi connectivity index (χ2n) is 3.62. The number of nitrogens with one attached hydrogen (secondary N) is 1. The Bertz CT molecular complexity index is 624. The van der Waals surface area contributed by atoms with Gasteiger partial charge in [-0.25, -0.2) is 9.00 Å². The van der Waals surface area contributed by atoms with Gasteiger partial charge in [-0.15, -0.1) is 11.3 Å². The monoisotopic (exact) mass is 297 g/mol. The fourth-order valence-corrected chi connectivity index (χ4v) is 2.86. The van der Waals surface area contributed by atoms with Crippen molar-refractivity contribution < 1.29 is 18.3 Å². The van der Waals surface area contributed by atoms with Crippen LogP contribution in [0.5, 0.6) is 0 Å². The molecule has 0 spiro atoms. The molecular formula is C12H11NO4S2. The smallest absolute Gasteiger partial charge is 0.337 e. The highest BCUT2D eigenvalue weighted by atomic mass is 32.2. The van der Waals surface area contributed by atoms with Crippen molar-refractivity contribution >= 4 is 33.6 Å². The van der Waals surface area contributed by atoms with Crippen LogP contribution in [0, 0.1) is 0 Å². The highest BCUT2D eigenvalue weighted by Crippen LogP contribution is 2.29. The summed E-state index contributed by atoms with van der Waals surface area (Å²) in [6.07, 6.45) is 0. The van der Waals surface area contributed by atoms with Crippen molar-refractivity contribution in [2.45, 2.75) is 0 Å². The summed E-state index contributed by atoms with van der Waals surface area (Å²) < 4.78 is 26.4. The van der Waals surface area contributed by atoms with Crippen molar-refractivity contribution in [1.82, 2.24) is 0 Å². The molecule has 19 heavy (non-hydrogen) atoms. The Hall–Kier alpha value is -1.70. The van der Waals surface area contributed by atoms with Crippen LogP contribution in [0.2, 0.25) is 0 Å². The van der Waals surface area contributed by atoms with Gasteiger partial charge in [0.2, 0.25) is 0 Å². The topological polar surface area (TPSA) is 75.6 Å². The number of ether oxygens (including phenoxy) is 1. The van der Waals surface area contributed by atoms with Gasteiger partial charge in [0.1, 0.15) is 5.00 Å². The van der Waals surface area contributed by atoms with Crippen molar-refractivity contribution in [1.29, 1.82) is 0 Å². The largest absolute Gasteiger partial charge is 0.465 e. The fraction of sp³-hybridized carbons (Fsp3) is 0.0833. The van der Waals surface area contributed by atoms with Crippen molar-refractivity contribution in [3.63, 3.8) is 0 Å². The van der Waals surface area contributed by atoms with E-state index in [1.54, 1.807) is 24.3 Å². The number of carbonyl (C=O) groups excluding carboxylic acids is 1. The molecule has 0 aliphatic rings. The van der Waals surface area contributed by atoms with Crippen LogP contribution in [0.25, 0.3) is 11.1 Å². The molecule has 2 rings (SSSR count). The first kappa shape index (κ1) is 13.7. The predicted octanol–water partition coefficient (Wildman–Crippen LogP) is 2.75. The van der Waals surface area contributed by atoms with Crippen LogP contribution < -0.4 is 4.72 Å². The molecule has 5 nitrogen and oxygen atoms in total. The summed E-state index contributed by atoms with van der Waals surface area (Å²) in [7, 11) is 1.33. The predicted molar refractivity (Wildman–Crippen MR) is 75.5 cm³/mol. The fourth-order valence-electron chi connectivity index (χ4n) is 1.57. The molecule has 2 N–H and O–H groups in total. The number of methoxy groups -OCH3 is 1. The number of rotatable bonds is 4. The van der Waals surface area contributed by atoms with Crippen molar-refractivity contribution in [3.05, 3.63) is 41.3 Å². The van der Waals surface area contributed by atoms with Gasteiger partial charge in [0.15, 0.2) is 0 Å². The molecule has 1 aromatic heterocycles. The Labute approximate surface area is 116 Å². The minimum atomic E-state index is -2.09. The van der Waals surface area contributed by atoms with Crippen molar-refractivity contribution in [2.75, 3.05) is 11.8 Å². The molecule has 0 radical (unpaired) electrons. The summed E-state index contributed by atoms with van der Waals surface area (Å²) >= 11 is -0.774. The third-order valence-electron chi connectivity index (χ3n) is 2.40. The lowest BCUT2D eigenvalue weighted by Crippen LogP contribution is -2.00. The van der Waals surface area contributed by atoms with Crippen molar-refractivity contribution in [2.24, 2.45) is 0 Å². The zero-order valence-corrected chi connectivity index (χ0v) is 11.6. The zero-order chi connectivity index (χ0) is 13.8. The number of anilines is 1. The van der Waals surface area contributed by atoms with Gasteiger partial charge in [-0.3, -0.25) is 9.27 Å². The van der Waals surface area contributed by atoms with Gasteiger partial charge < -0.3 is 4.74 Å². The molecule has 7 heteroatoms. The van der Waals surface area contributed by atoms with E-state index in [-0.39, 0.29) is 0 Å². The van der Waals surface area contributed by atoms with Crippen LogP contribution in [0.1, 0.15) is 10.4 Å². The maximum atomic E-state index is 11.4. The Kier molecular flexibility index (Phi) is 4.31. The summed E-state index contributed by atoms with van der Waals surface area (Å²) in [6.45, 7) is 0. The number of carbonyl (C=O) groups is 1. The summed E-state index contributed by atoms with van der Waals surface area (Å²) in [5, 5.41) is 2.42. The van der Waals surface area contributed by atoms with Crippen LogP contribution in [-0.2, 0) is 16.0 Å². The van der Waals surface area contributed by atoms with Crippen LogP contribution in [-0.4, -0.2) is 21.8 Å². The first-order chi connectivity index (χ1) is 9.10. The molecule has 100 valence electrons. The van der Waals surface area contributed by atoms with E-state index in [1.165, 1.54) is 18.4 Å². The number of hydrogen-bond donors (Lipinski definition) is 2. The van der Waals surface area contributed by atoms with Gasteiger partial charge in [-0.05, 0) is 29.3 Å². The third kappa shape index (κ3) is 3.40. The lowest BCUT2D eigenvalue weighted by molar-refractivity contribution is 0.0601. The molecule has 0 bridgehead atoms. The molecule has 2 aromatic rings. The highest BCUT2D eigenvalue weighted by Gasteiger charge is 2.08. The van der Waals surface area contributed by atoms with Crippen molar-refractivity contribution in [3.8, 4) is 11.1 Å². The number of thiophene rings is 1. The van der Waals surface area contributed by atoms with Gasteiger partial charge in [0.25, 0.3) is 11.3 Å². The summed E-state index contributed by atoms with van der Waals surface area (Å²) in [5.41, 5.74) is 2.17. The standard InChI is InChI=1S/C12H11NO4S2/c1-17-12(14)9-4-2-3-8(5-9)10-6-11(18-7-10)13-19(15)16/h2-7,13H,1H3,(H,15,16). The lowest BCUT2D eigenvalue weighted by Gasteiger charge is -2.02. The molecule has 0 saturated carbocycles. The van der Waals surface area contributed by atoms with Gasteiger partial charge in [0.05, 0.1) is 12.7 Å². The Morgan fingerprint density at radius 1 is 1.37 bits per heavy atom. The molecule has 1 unspecified atom stereocenters. The second kappa shape index (κ2) is 5.96. The van der Waals surface area contributed by atoms with E-state index in [0.717, 1.165) is 11.1 Å². The Morgan fingerprint density at radius 3 is 2.84 bits per heavy atom. The van der Waals surface area contributed by atoms with E-state index in [4.69, 9.17) is 4.55 Å². The van der Waals surface area contributed by atoms with Crippen LogP contribution in [0.4, 0.5) is 5.00 Å². The SMILES string of the molecule is COC(=O)c1cccc(-c2csc(NS(=O)O)c2)c1. The molecule has 1 aromatic carbocycles. The first-order valence-corrected chi connectivity index (χ1v) is 7.23. The number of esters is 1. The normalized spacial score (nSPS) is 11.9. The van der Waals surface area contributed by atoms with E-state index in [1.807, 2.05) is 11.4 Å². The summed E-state index contributed by atoms with van der Waals surface area (Å²) in [4.78, 5) is 11.4. The molecule has 0 aliphatic carbocycles. The molecule has 0 aliphatic heterocycles. The number of benzene rings is 1. The average molecular weight is 297 g/mol. The highest BCUT2D eigenvalue weighted by molar-refractivity contribution is 7.80. The molecular weight excluding hydrogens is 286 g/mol. The van der Waals surface area contributed by atoms with Gasteiger partial charge in [-0.1, -0.05) is 12.1 Å². The molecule has 1 atom stereocenters. The van der Waals surface area contributed by atoms with Crippen LogP contribution >= 0.6 is 11.3 Å². The quantitative estimate of drug-likeness (QED) is 0.672. The maximum Gasteiger partial charge on any atom is 0.337 e. The molecule has 1 heterocycles. The number of hydrogen-bond acceptors (Lipinski definition) is 4. The van der Waals surface area contributed by atoms with E-state index in [2.05, 4.69) is 9.46 Å². The molecule has 0 fully saturated rings. The van der Waals surface area contributed by atoms with E-state index < -0.39 is 17.2 Å². The lowest BCUT2D eigenvalue weighted by atomic mass is 10.1. The van der Waals surface area contributed by atoms with Crippen LogP contribution in [0.15, 0.2) is 35.7 Å². The summed E-state index contributed by atoms with van der Waals surface area (Å²) in [5.74, 6) is -0.396. The Balaban J connectivity index is 2.29. The van der Waals surface area contributed by atoms with Gasteiger partial charge in [-0.2, -0.15) is 0 Å². The molecule has 0 saturated heterocycles. The Morgan fingerprint density at radius 2 is 2.16 bits per heavy atom. The maximum absolute atomic E-state index is 11.4. The average Bonchev–Trinajstić information content (AvgIpc) is 2.85. The second-order valence-corrected chi connectivity index (χ2v) is 5.24. The minimum absolute atomic E-state index is 0.396. The van der Waals surface area contributed by atoms with Crippen LogP contribution in [0.3, 0.4) is 0 Å². The molecule has 0 amide bonds. The first-order valence-electron chi connectivity index (χ1n) is 5.25. The zero-order valence-electron chi connectivity index (χ0n) is 9.95. The van der Waals surface area contributed by atoms with Gasteiger partial charge >= 0.3 is 5.97 Å². The summed E-state index contributed by atoms with van der Waals surface area (Å²) in [6, 6.07) is 8.75. The van der Waals surface area contributed by atoms with E-state index in [9.17, 15) is 9.00 Å². The van der Waals surface area contributed by atoms with E-state index in [0.29, 0.717) is 10.6 Å². The third-order valence-corrected chi connectivity index (χ3v) is 3.77. The van der Waals surface area contributed by atoms with E-state index >= 15 is 0 Å². The minimum Gasteiger partial charge on any atom is -0.465 e.